The number of anilines is 1. The second kappa shape index (κ2) is 6.57. The number of carbonyl (C=O) groups excluding carboxylic acids is 1. The fourth-order valence-corrected chi connectivity index (χ4v) is 2.60. The van der Waals surface area contributed by atoms with Crippen LogP contribution >= 0.6 is 0 Å². The minimum atomic E-state index is -0.480. The van der Waals surface area contributed by atoms with E-state index in [1.54, 1.807) is 29.2 Å². The van der Waals surface area contributed by atoms with E-state index >= 15 is 0 Å². The number of carbonyl (C=O) groups is 1. The first-order valence-corrected chi connectivity index (χ1v) is 6.90. The van der Waals surface area contributed by atoms with Crippen molar-refractivity contribution in [3.05, 3.63) is 29.8 Å². The first-order chi connectivity index (χ1) is 9.99. The minimum absolute atomic E-state index is 0.00542. The molecule has 0 aliphatic carbocycles. The molecule has 2 N–H and O–H groups in total. The van der Waals surface area contributed by atoms with Gasteiger partial charge in [0.25, 0.3) is 0 Å². The fraction of sp³-hybridized carbons (Fsp3) is 0.467. The fourth-order valence-electron chi connectivity index (χ4n) is 2.60. The number of urea groups is 1. The SMILES string of the molecule is CN(C)CC1CC(O)CN1C(=O)Nc1cccc(C#N)c1. The van der Waals surface area contributed by atoms with Crippen molar-refractivity contribution in [1.29, 1.82) is 5.26 Å². The van der Waals surface area contributed by atoms with E-state index in [1.165, 1.54) is 0 Å². The summed E-state index contributed by atoms with van der Waals surface area (Å²) >= 11 is 0. The summed E-state index contributed by atoms with van der Waals surface area (Å²) in [7, 11) is 3.88. The van der Waals surface area contributed by atoms with Crippen molar-refractivity contribution in [3.8, 4) is 6.07 Å². The molecule has 2 atom stereocenters. The van der Waals surface area contributed by atoms with Crippen LogP contribution in [0.1, 0.15) is 12.0 Å². The molecule has 1 aliphatic heterocycles. The summed E-state index contributed by atoms with van der Waals surface area (Å²) in [6.07, 6.45) is 0.107. The maximum Gasteiger partial charge on any atom is 0.322 e. The standard InChI is InChI=1S/C15H20N4O2/c1-18(2)9-13-7-14(20)10-19(13)15(21)17-12-5-3-4-11(6-12)8-16/h3-6,13-14,20H,7,9-10H2,1-2H3,(H,17,21). The second-order valence-corrected chi connectivity index (χ2v) is 5.58. The topological polar surface area (TPSA) is 79.6 Å². The van der Waals surface area contributed by atoms with E-state index in [0.29, 0.717) is 30.8 Å². The Morgan fingerprint density at radius 2 is 2.33 bits per heavy atom. The Labute approximate surface area is 124 Å². The number of aliphatic hydroxyl groups is 1. The van der Waals surface area contributed by atoms with Crippen LogP contribution in [0.3, 0.4) is 0 Å². The number of benzene rings is 1. The van der Waals surface area contributed by atoms with Gasteiger partial charge in [0.2, 0.25) is 0 Å². The van der Waals surface area contributed by atoms with E-state index in [2.05, 4.69) is 5.32 Å². The zero-order valence-electron chi connectivity index (χ0n) is 12.3. The molecule has 1 saturated heterocycles. The molecule has 6 heteroatoms. The van der Waals surface area contributed by atoms with Gasteiger partial charge in [-0.3, -0.25) is 0 Å². The third kappa shape index (κ3) is 3.94. The third-order valence-corrected chi connectivity index (χ3v) is 3.47. The highest BCUT2D eigenvalue weighted by Gasteiger charge is 2.34. The Kier molecular flexibility index (Phi) is 4.78. The Morgan fingerprint density at radius 1 is 1.57 bits per heavy atom. The maximum atomic E-state index is 12.4. The van der Waals surface area contributed by atoms with Crippen LogP contribution in [0, 0.1) is 11.3 Å². The molecule has 1 heterocycles. The van der Waals surface area contributed by atoms with Crippen molar-refractivity contribution in [3.63, 3.8) is 0 Å². The molecule has 2 rings (SSSR count). The largest absolute Gasteiger partial charge is 0.391 e. The number of likely N-dealkylation sites (N-methyl/N-ethyl adjacent to an activating group) is 1. The number of rotatable bonds is 3. The third-order valence-electron chi connectivity index (χ3n) is 3.47. The number of likely N-dealkylation sites (tertiary alicyclic amines) is 1. The second-order valence-electron chi connectivity index (χ2n) is 5.58. The van der Waals surface area contributed by atoms with E-state index in [0.717, 1.165) is 0 Å². The molecule has 0 saturated carbocycles. The number of amides is 2. The highest BCUT2D eigenvalue weighted by atomic mass is 16.3. The van der Waals surface area contributed by atoms with Gasteiger partial charge >= 0.3 is 6.03 Å². The maximum absolute atomic E-state index is 12.4. The van der Waals surface area contributed by atoms with Gasteiger partial charge in [-0.25, -0.2) is 4.79 Å². The minimum Gasteiger partial charge on any atom is -0.391 e. The molecule has 1 aromatic carbocycles. The van der Waals surface area contributed by atoms with Gasteiger partial charge in [-0.15, -0.1) is 0 Å². The average molecular weight is 288 g/mol. The molecular weight excluding hydrogens is 268 g/mol. The predicted octanol–water partition coefficient (Wildman–Crippen LogP) is 1.09. The summed E-state index contributed by atoms with van der Waals surface area (Å²) in [5.74, 6) is 0. The number of nitrogens with one attached hydrogen (secondary N) is 1. The van der Waals surface area contributed by atoms with Gasteiger partial charge in [0.1, 0.15) is 0 Å². The van der Waals surface area contributed by atoms with Gasteiger partial charge in [0, 0.05) is 24.8 Å². The molecule has 0 spiro atoms. The summed E-state index contributed by atoms with van der Waals surface area (Å²) < 4.78 is 0. The van der Waals surface area contributed by atoms with Crippen LogP contribution in [0.2, 0.25) is 0 Å². The molecule has 0 aromatic heterocycles. The normalized spacial score (nSPS) is 21.4. The van der Waals surface area contributed by atoms with Crippen LogP contribution in [0.4, 0.5) is 10.5 Å². The molecule has 0 bridgehead atoms. The molecule has 0 radical (unpaired) electrons. The van der Waals surface area contributed by atoms with E-state index in [-0.39, 0.29) is 12.1 Å². The lowest BCUT2D eigenvalue weighted by Crippen LogP contribution is -2.43. The van der Waals surface area contributed by atoms with Crippen LogP contribution in [0.15, 0.2) is 24.3 Å². The lowest BCUT2D eigenvalue weighted by Gasteiger charge is -2.27. The number of hydrogen-bond donors (Lipinski definition) is 2. The molecule has 1 aliphatic rings. The molecule has 2 unspecified atom stereocenters. The van der Waals surface area contributed by atoms with Crippen molar-refractivity contribution in [2.75, 3.05) is 32.5 Å². The van der Waals surface area contributed by atoms with Crippen LogP contribution < -0.4 is 5.32 Å². The molecular formula is C15H20N4O2. The number of nitrogens with zero attached hydrogens (tertiary/aromatic N) is 3. The van der Waals surface area contributed by atoms with Crippen molar-refractivity contribution in [2.45, 2.75) is 18.6 Å². The van der Waals surface area contributed by atoms with Gasteiger partial charge in [-0.05, 0) is 38.7 Å². The van der Waals surface area contributed by atoms with Crippen LogP contribution in [0.5, 0.6) is 0 Å². The van der Waals surface area contributed by atoms with Crippen LogP contribution in [-0.4, -0.2) is 60.3 Å². The highest BCUT2D eigenvalue weighted by molar-refractivity contribution is 5.90. The molecule has 21 heavy (non-hydrogen) atoms. The molecule has 1 aromatic rings. The van der Waals surface area contributed by atoms with E-state index in [1.807, 2.05) is 25.1 Å². The van der Waals surface area contributed by atoms with E-state index in [9.17, 15) is 9.90 Å². The smallest absolute Gasteiger partial charge is 0.322 e. The summed E-state index contributed by atoms with van der Waals surface area (Å²) in [5.41, 5.74) is 1.09. The van der Waals surface area contributed by atoms with Crippen molar-refractivity contribution < 1.29 is 9.90 Å². The Balaban J connectivity index is 2.06. The van der Waals surface area contributed by atoms with E-state index < -0.39 is 6.10 Å². The van der Waals surface area contributed by atoms with Crippen molar-refractivity contribution in [1.82, 2.24) is 9.80 Å². The van der Waals surface area contributed by atoms with Gasteiger partial charge in [-0.2, -0.15) is 5.26 Å². The van der Waals surface area contributed by atoms with Gasteiger partial charge in [0.15, 0.2) is 0 Å². The summed E-state index contributed by atoms with van der Waals surface area (Å²) in [5, 5.41) is 21.5. The molecule has 1 fully saturated rings. The number of aliphatic hydroxyl groups excluding tert-OH is 1. The zero-order chi connectivity index (χ0) is 15.4. The average Bonchev–Trinajstić information content (AvgIpc) is 2.79. The quantitative estimate of drug-likeness (QED) is 0.872. The highest BCUT2D eigenvalue weighted by Crippen LogP contribution is 2.20. The number of hydrogen-bond acceptors (Lipinski definition) is 4. The van der Waals surface area contributed by atoms with Gasteiger partial charge in [-0.1, -0.05) is 6.07 Å². The van der Waals surface area contributed by atoms with Gasteiger partial charge < -0.3 is 20.2 Å². The van der Waals surface area contributed by atoms with Crippen LogP contribution in [-0.2, 0) is 0 Å². The Bertz CT molecular complexity index is 553. The lowest BCUT2D eigenvalue weighted by molar-refractivity contribution is 0.174. The summed E-state index contributed by atoms with van der Waals surface area (Å²) in [6.45, 7) is 1.05. The van der Waals surface area contributed by atoms with E-state index in [4.69, 9.17) is 5.26 Å². The summed E-state index contributed by atoms with van der Waals surface area (Å²) in [4.78, 5) is 16.0. The molecule has 6 nitrogen and oxygen atoms in total. The van der Waals surface area contributed by atoms with Gasteiger partial charge in [0.05, 0.1) is 17.7 Å². The zero-order valence-corrected chi connectivity index (χ0v) is 12.3. The number of β-amino-alcohol motifs (C(OH)–C–C–N with tert-alkyl or cyclic N) is 1. The van der Waals surface area contributed by atoms with Crippen LogP contribution in [0.25, 0.3) is 0 Å². The van der Waals surface area contributed by atoms with Crippen molar-refractivity contribution >= 4 is 11.7 Å². The monoisotopic (exact) mass is 288 g/mol. The Morgan fingerprint density at radius 3 is 3.00 bits per heavy atom. The van der Waals surface area contributed by atoms with Crippen molar-refractivity contribution in [2.24, 2.45) is 0 Å². The predicted molar refractivity (Wildman–Crippen MR) is 79.8 cm³/mol. The Hall–Kier alpha value is -2.10. The lowest BCUT2D eigenvalue weighted by atomic mass is 10.2. The first-order valence-electron chi connectivity index (χ1n) is 6.90. The number of nitriles is 1. The molecule has 112 valence electrons. The summed E-state index contributed by atoms with van der Waals surface area (Å²) in [6, 6.07) is 8.58. The molecule has 2 amide bonds. The first kappa shape index (κ1) is 15.3.